The van der Waals surface area contributed by atoms with Gasteiger partial charge < -0.3 is 4.98 Å². The third-order valence-electron chi connectivity index (χ3n) is 6.15. The number of aromatic amines is 1. The molecule has 6 rings (SSSR count). The van der Waals surface area contributed by atoms with Gasteiger partial charge in [0.15, 0.2) is 5.82 Å². The predicted molar refractivity (Wildman–Crippen MR) is 141 cm³/mol. The molecule has 0 saturated heterocycles. The Morgan fingerprint density at radius 2 is 1.73 bits per heavy atom. The van der Waals surface area contributed by atoms with E-state index in [2.05, 4.69) is 24.9 Å². The number of carbonyl (C=O) groups excluding carboxylic acids is 1. The second-order valence-corrected chi connectivity index (χ2v) is 10.4. The first-order valence-corrected chi connectivity index (χ1v) is 13.3. The summed E-state index contributed by atoms with van der Waals surface area (Å²) in [4.78, 5) is 32.6. The topological polar surface area (TPSA) is 136 Å². The summed E-state index contributed by atoms with van der Waals surface area (Å²) >= 11 is 0. The van der Waals surface area contributed by atoms with Crippen LogP contribution >= 0.6 is 0 Å². The molecule has 0 aliphatic heterocycles. The first kappa shape index (κ1) is 25.9. The lowest BCUT2D eigenvalue weighted by Gasteiger charge is -2.12. The third kappa shape index (κ3) is 4.80. The number of ketones is 1. The van der Waals surface area contributed by atoms with E-state index in [1.807, 2.05) is 4.72 Å². The molecule has 2 N–H and O–H groups in total. The minimum absolute atomic E-state index is 0.103. The summed E-state index contributed by atoms with van der Waals surface area (Å²) in [6, 6.07) is 7.24. The molecule has 0 unspecified atom stereocenters. The quantitative estimate of drug-likeness (QED) is 0.265. The number of halogens is 3. The van der Waals surface area contributed by atoms with Crippen molar-refractivity contribution in [1.82, 2.24) is 29.5 Å². The number of benzene rings is 2. The normalized spacial score (nSPS) is 11.6. The van der Waals surface area contributed by atoms with Crippen LogP contribution in [-0.4, -0.2) is 43.7 Å². The molecule has 2 aromatic carbocycles. The highest BCUT2D eigenvalue weighted by Gasteiger charge is 2.26. The number of hydrogen-bond acceptors (Lipinski definition) is 7. The first-order valence-electron chi connectivity index (χ1n) is 11.8. The predicted octanol–water partition coefficient (Wildman–Crippen LogP) is 4.65. The van der Waals surface area contributed by atoms with Gasteiger partial charge in [0.05, 0.1) is 16.1 Å². The van der Waals surface area contributed by atoms with Crippen LogP contribution in [-0.2, 0) is 10.0 Å². The molecule has 0 saturated carbocycles. The average Bonchev–Trinajstić information content (AvgIpc) is 3.65. The molecule has 0 aliphatic rings. The fourth-order valence-corrected chi connectivity index (χ4v) is 5.23. The van der Waals surface area contributed by atoms with Crippen molar-refractivity contribution in [3.05, 3.63) is 115 Å². The summed E-state index contributed by atoms with van der Waals surface area (Å²) in [5.41, 5.74) is -0.406. The molecule has 0 amide bonds. The zero-order valence-electron chi connectivity index (χ0n) is 20.6. The van der Waals surface area contributed by atoms with E-state index in [9.17, 15) is 22.0 Å². The SMILES string of the molecule is O=C(c1c(F)ccc(NS(=O)(=O)c2cccc(F)c2)c1F)c1c[nH]c2ncc(-c3cnc(-n4ccnc4)nc3)cc12. The molecular weight excluding hydrogens is 559 g/mol. The summed E-state index contributed by atoms with van der Waals surface area (Å²) in [5, 5.41) is 0.260. The molecule has 0 spiro atoms. The van der Waals surface area contributed by atoms with E-state index in [-0.39, 0.29) is 16.6 Å². The van der Waals surface area contributed by atoms with Gasteiger partial charge in [-0.15, -0.1) is 0 Å². The van der Waals surface area contributed by atoms with Crippen molar-refractivity contribution in [3.63, 3.8) is 0 Å². The maximum atomic E-state index is 15.5. The summed E-state index contributed by atoms with van der Waals surface area (Å²) in [6.45, 7) is 0. The highest BCUT2D eigenvalue weighted by atomic mass is 32.2. The summed E-state index contributed by atoms with van der Waals surface area (Å²) in [7, 11) is -4.45. The van der Waals surface area contributed by atoms with Crippen molar-refractivity contribution in [2.45, 2.75) is 4.90 Å². The Morgan fingerprint density at radius 3 is 2.46 bits per heavy atom. The van der Waals surface area contributed by atoms with E-state index in [1.54, 1.807) is 41.7 Å². The second-order valence-electron chi connectivity index (χ2n) is 8.74. The van der Waals surface area contributed by atoms with E-state index in [4.69, 9.17) is 0 Å². The van der Waals surface area contributed by atoms with Crippen LogP contribution in [0.15, 0.2) is 90.9 Å². The van der Waals surface area contributed by atoms with Gasteiger partial charge in [-0.2, -0.15) is 0 Å². The van der Waals surface area contributed by atoms with Crippen molar-refractivity contribution in [2.75, 3.05) is 4.72 Å². The molecule has 0 fully saturated rings. The van der Waals surface area contributed by atoms with Crippen LogP contribution in [0, 0.1) is 17.5 Å². The van der Waals surface area contributed by atoms with Crippen LogP contribution in [0.5, 0.6) is 0 Å². The van der Waals surface area contributed by atoms with Gasteiger partial charge in [0, 0.05) is 59.3 Å². The molecule has 204 valence electrons. The fraction of sp³-hybridized carbons (Fsp3) is 0. The van der Waals surface area contributed by atoms with Crippen LogP contribution in [0.2, 0.25) is 0 Å². The number of sulfonamides is 1. The standard InChI is InChI=1S/C27H16F3N7O3S/c28-17-2-1-3-18(9-17)41(39,40)36-22-5-4-21(29)23(24(22)30)25(38)20-13-33-26-19(20)8-15(10-32-26)16-11-34-27(35-12-16)37-7-6-31-14-37/h1-14,36H,(H,32,33). The third-order valence-corrected chi connectivity index (χ3v) is 7.51. The summed E-state index contributed by atoms with van der Waals surface area (Å²) < 4.78 is 72.8. The number of nitrogens with one attached hydrogen (secondary N) is 2. The number of nitrogens with zero attached hydrogens (tertiary/aromatic N) is 5. The molecule has 6 aromatic rings. The number of hydrogen-bond donors (Lipinski definition) is 2. The Labute approximate surface area is 229 Å². The molecule has 10 nitrogen and oxygen atoms in total. The minimum atomic E-state index is -4.45. The van der Waals surface area contributed by atoms with E-state index in [0.29, 0.717) is 17.1 Å². The first-order chi connectivity index (χ1) is 19.7. The molecule has 4 heterocycles. The molecule has 41 heavy (non-hydrogen) atoms. The number of aromatic nitrogens is 6. The Hall–Kier alpha value is -5.37. The van der Waals surface area contributed by atoms with Crippen molar-refractivity contribution < 1.29 is 26.4 Å². The maximum absolute atomic E-state index is 15.5. The second kappa shape index (κ2) is 9.98. The van der Waals surface area contributed by atoms with Gasteiger partial charge in [0.1, 0.15) is 23.6 Å². The molecule has 0 aliphatic carbocycles. The van der Waals surface area contributed by atoms with Crippen LogP contribution in [0.4, 0.5) is 18.9 Å². The van der Waals surface area contributed by atoms with E-state index < -0.39 is 49.4 Å². The van der Waals surface area contributed by atoms with E-state index in [1.165, 1.54) is 18.5 Å². The fourth-order valence-electron chi connectivity index (χ4n) is 4.14. The molecule has 0 atom stereocenters. The van der Waals surface area contributed by atoms with Crippen molar-refractivity contribution in [2.24, 2.45) is 0 Å². The number of imidazole rings is 1. The number of pyridine rings is 1. The van der Waals surface area contributed by atoms with Crippen LogP contribution in [0.1, 0.15) is 15.9 Å². The lowest BCUT2D eigenvalue weighted by molar-refractivity contribution is 0.103. The highest BCUT2D eigenvalue weighted by Crippen LogP contribution is 2.30. The summed E-state index contributed by atoms with van der Waals surface area (Å²) in [6.07, 6.45) is 10.7. The van der Waals surface area contributed by atoms with Crippen molar-refractivity contribution in [1.29, 1.82) is 0 Å². The zero-order chi connectivity index (χ0) is 28.7. The van der Waals surface area contributed by atoms with Crippen LogP contribution < -0.4 is 4.72 Å². The van der Waals surface area contributed by atoms with Crippen molar-refractivity contribution >= 4 is 32.5 Å². The Balaban J connectivity index is 1.35. The highest BCUT2D eigenvalue weighted by molar-refractivity contribution is 7.92. The molecule has 14 heteroatoms. The zero-order valence-corrected chi connectivity index (χ0v) is 21.4. The van der Waals surface area contributed by atoms with Gasteiger partial charge in [-0.05, 0) is 36.4 Å². The van der Waals surface area contributed by atoms with Gasteiger partial charge in [0.2, 0.25) is 11.7 Å². The maximum Gasteiger partial charge on any atom is 0.262 e. The molecular formula is C27H16F3N7O3S. The number of H-pyrrole nitrogens is 1. The number of fused-ring (bicyclic) bond motifs is 1. The lowest BCUT2D eigenvalue weighted by atomic mass is 10.0. The number of anilines is 1. The smallest absolute Gasteiger partial charge is 0.262 e. The monoisotopic (exact) mass is 575 g/mol. The molecule has 0 radical (unpaired) electrons. The van der Waals surface area contributed by atoms with Crippen LogP contribution in [0.3, 0.4) is 0 Å². The van der Waals surface area contributed by atoms with E-state index in [0.717, 1.165) is 30.3 Å². The lowest BCUT2D eigenvalue weighted by Crippen LogP contribution is -2.16. The van der Waals surface area contributed by atoms with Gasteiger partial charge in [-0.25, -0.2) is 41.5 Å². The van der Waals surface area contributed by atoms with Gasteiger partial charge in [-0.1, -0.05) is 6.07 Å². The van der Waals surface area contributed by atoms with Gasteiger partial charge >= 0.3 is 0 Å². The average molecular weight is 576 g/mol. The van der Waals surface area contributed by atoms with Gasteiger partial charge in [0.25, 0.3) is 10.0 Å². The Bertz CT molecular complexity index is 2050. The minimum Gasteiger partial charge on any atom is -0.345 e. The Morgan fingerprint density at radius 1 is 0.951 bits per heavy atom. The number of carbonyl (C=O) groups is 1. The molecule has 4 aromatic heterocycles. The molecule has 0 bridgehead atoms. The Kier molecular flexibility index (Phi) is 6.30. The van der Waals surface area contributed by atoms with Crippen LogP contribution in [0.25, 0.3) is 28.1 Å². The summed E-state index contributed by atoms with van der Waals surface area (Å²) in [5.74, 6) is -4.13. The van der Waals surface area contributed by atoms with Crippen molar-refractivity contribution in [3.8, 4) is 17.1 Å². The van der Waals surface area contributed by atoms with E-state index >= 15 is 4.39 Å². The largest absolute Gasteiger partial charge is 0.345 e. The van der Waals surface area contributed by atoms with Gasteiger partial charge in [-0.3, -0.25) is 14.1 Å². The number of rotatable bonds is 7.